The molecule has 0 aromatic heterocycles. The number of hydrogen-bond acceptors (Lipinski definition) is 4. The number of carbonyl (C=O) groups is 1. The van der Waals surface area contributed by atoms with Crippen LogP contribution in [0, 0.1) is 13.8 Å². The summed E-state index contributed by atoms with van der Waals surface area (Å²) in [6.45, 7) is 13.6. The van der Waals surface area contributed by atoms with Crippen molar-refractivity contribution in [2.75, 3.05) is 70.9 Å². The van der Waals surface area contributed by atoms with Crippen LogP contribution in [0.4, 0.5) is 10.5 Å². The van der Waals surface area contributed by atoms with Crippen LogP contribution in [0.2, 0.25) is 0 Å². The van der Waals surface area contributed by atoms with Crippen molar-refractivity contribution in [1.29, 1.82) is 0 Å². The minimum Gasteiger partial charge on any atom is -0.379 e. The molecule has 138 valence electrons. The van der Waals surface area contributed by atoms with Crippen LogP contribution < -0.4 is 5.32 Å². The maximum Gasteiger partial charge on any atom is 0.321 e. The predicted molar refractivity (Wildman–Crippen MR) is 100 cm³/mol. The highest BCUT2D eigenvalue weighted by atomic mass is 16.5. The molecule has 3 rings (SSSR count). The molecule has 0 saturated carbocycles. The van der Waals surface area contributed by atoms with E-state index in [0.29, 0.717) is 0 Å². The second kappa shape index (κ2) is 8.65. The van der Waals surface area contributed by atoms with Gasteiger partial charge in [0.15, 0.2) is 0 Å². The molecule has 0 aliphatic carbocycles. The fourth-order valence-corrected chi connectivity index (χ4v) is 3.36. The average Bonchev–Trinajstić information content (AvgIpc) is 2.65. The largest absolute Gasteiger partial charge is 0.379 e. The number of urea groups is 1. The Morgan fingerprint density at radius 3 is 2.32 bits per heavy atom. The van der Waals surface area contributed by atoms with Crippen molar-refractivity contribution in [1.82, 2.24) is 14.7 Å². The Morgan fingerprint density at radius 2 is 1.64 bits per heavy atom. The van der Waals surface area contributed by atoms with Crippen molar-refractivity contribution < 1.29 is 9.53 Å². The van der Waals surface area contributed by atoms with E-state index in [1.54, 1.807) is 0 Å². The van der Waals surface area contributed by atoms with E-state index in [2.05, 4.69) is 35.0 Å². The van der Waals surface area contributed by atoms with E-state index < -0.39 is 0 Å². The maximum absolute atomic E-state index is 12.5. The molecule has 0 bridgehead atoms. The van der Waals surface area contributed by atoms with E-state index in [1.807, 2.05) is 17.0 Å². The minimum atomic E-state index is 0.0153. The Balaban J connectivity index is 1.42. The molecule has 1 aromatic rings. The van der Waals surface area contributed by atoms with Crippen molar-refractivity contribution in [2.24, 2.45) is 0 Å². The smallest absolute Gasteiger partial charge is 0.321 e. The van der Waals surface area contributed by atoms with Gasteiger partial charge in [0.2, 0.25) is 0 Å². The van der Waals surface area contributed by atoms with Gasteiger partial charge in [0.1, 0.15) is 0 Å². The van der Waals surface area contributed by atoms with Crippen LogP contribution in [0.3, 0.4) is 0 Å². The molecule has 25 heavy (non-hydrogen) atoms. The first kappa shape index (κ1) is 18.2. The van der Waals surface area contributed by atoms with E-state index in [1.165, 1.54) is 5.56 Å². The van der Waals surface area contributed by atoms with Crippen LogP contribution in [-0.4, -0.2) is 86.3 Å². The van der Waals surface area contributed by atoms with Crippen molar-refractivity contribution in [3.63, 3.8) is 0 Å². The van der Waals surface area contributed by atoms with Gasteiger partial charge in [-0.1, -0.05) is 12.1 Å². The van der Waals surface area contributed by atoms with Crippen LogP contribution in [-0.2, 0) is 4.74 Å². The summed E-state index contributed by atoms with van der Waals surface area (Å²) in [7, 11) is 0. The van der Waals surface area contributed by atoms with E-state index >= 15 is 0 Å². The summed E-state index contributed by atoms with van der Waals surface area (Å²) in [4.78, 5) is 19.4. The first-order chi connectivity index (χ1) is 12.1. The fraction of sp³-hybridized carbons (Fsp3) is 0.632. The van der Waals surface area contributed by atoms with Crippen LogP contribution in [0.15, 0.2) is 18.2 Å². The monoisotopic (exact) mass is 346 g/mol. The van der Waals surface area contributed by atoms with Gasteiger partial charge in [0.05, 0.1) is 13.2 Å². The lowest BCUT2D eigenvalue weighted by atomic mass is 10.1. The highest BCUT2D eigenvalue weighted by Gasteiger charge is 2.22. The van der Waals surface area contributed by atoms with Crippen molar-refractivity contribution in [3.05, 3.63) is 29.3 Å². The number of benzene rings is 1. The minimum absolute atomic E-state index is 0.0153. The average molecular weight is 346 g/mol. The number of morpholine rings is 1. The summed E-state index contributed by atoms with van der Waals surface area (Å²) in [6.07, 6.45) is 0. The number of anilines is 1. The summed E-state index contributed by atoms with van der Waals surface area (Å²) < 4.78 is 5.39. The Hall–Kier alpha value is -1.63. The zero-order valence-electron chi connectivity index (χ0n) is 15.5. The Labute approximate surface area is 150 Å². The van der Waals surface area contributed by atoms with Crippen LogP contribution in [0.1, 0.15) is 11.1 Å². The summed E-state index contributed by atoms with van der Waals surface area (Å²) in [5.74, 6) is 0. The summed E-state index contributed by atoms with van der Waals surface area (Å²) in [5, 5.41) is 3.07. The molecule has 2 aliphatic heterocycles. The molecule has 1 aromatic carbocycles. The Bertz CT molecular complexity index is 579. The molecule has 2 aliphatic rings. The zero-order valence-corrected chi connectivity index (χ0v) is 15.5. The normalized spacial score (nSPS) is 19.8. The number of hydrogen-bond donors (Lipinski definition) is 1. The lowest BCUT2D eigenvalue weighted by Crippen LogP contribution is -2.51. The van der Waals surface area contributed by atoms with E-state index in [0.717, 1.165) is 76.8 Å². The van der Waals surface area contributed by atoms with Gasteiger partial charge in [0, 0.05) is 58.0 Å². The van der Waals surface area contributed by atoms with Gasteiger partial charge < -0.3 is 15.0 Å². The standard InChI is InChI=1S/C19H30N4O2/c1-16-4-3-5-18(17(16)2)20-19(24)23-10-8-21(9-11-23)6-7-22-12-14-25-15-13-22/h3-5H,6-15H2,1-2H3,(H,20,24). The summed E-state index contributed by atoms with van der Waals surface area (Å²) in [5.41, 5.74) is 3.26. The number of amides is 2. The zero-order chi connectivity index (χ0) is 17.6. The van der Waals surface area contributed by atoms with Crippen molar-refractivity contribution in [2.45, 2.75) is 13.8 Å². The number of aryl methyl sites for hydroxylation is 1. The highest BCUT2D eigenvalue weighted by Crippen LogP contribution is 2.18. The number of piperazine rings is 1. The second-order valence-electron chi connectivity index (χ2n) is 6.96. The van der Waals surface area contributed by atoms with Gasteiger partial charge >= 0.3 is 6.03 Å². The van der Waals surface area contributed by atoms with Crippen LogP contribution >= 0.6 is 0 Å². The molecule has 0 unspecified atom stereocenters. The molecule has 6 nitrogen and oxygen atoms in total. The Morgan fingerprint density at radius 1 is 1.00 bits per heavy atom. The molecular weight excluding hydrogens is 316 g/mol. The predicted octanol–water partition coefficient (Wildman–Crippen LogP) is 1.79. The molecule has 1 N–H and O–H groups in total. The molecule has 2 saturated heterocycles. The lowest BCUT2D eigenvalue weighted by molar-refractivity contribution is 0.0311. The van der Waals surface area contributed by atoms with Gasteiger partial charge in [-0.2, -0.15) is 0 Å². The number of nitrogens with zero attached hydrogens (tertiary/aromatic N) is 3. The first-order valence-electron chi connectivity index (χ1n) is 9.28. The Kier molecular flexibility index (Phi) is 6.29. The quantitative estimate of drug-likeness (QED) is 0.903. The van der Waals surface area contributed by atoms with Crippen molar-refractivity contribution in [3.8, 4) is 0 Å². The van der Waals surface area contributed by atoms with Crippen LogP contribution in [0.25, 0.3) is 0 Å². The van der Waals surface area contributed by atoms with Gasteiger partial charge in [-0.25, -0.2) is 4.79 Å². The molecule has 2 fully saturated rings. The molecule has 0 spiro atoms. The molecule has 0 atom stereocenters. The summed E-state index contributed by atoms with van der Waals surface area (Å²) in [6, 6.07) is 6.04. The highest BCUT2D eigenvalue weighted by molar-refractivity contribution is 5.90. The number of rotatable bonds is 4. The number of carbonyl (C=O) groups excluding carboxylic acids is 1. The third-order valence-electron chi connectivity index (χ3n) is 5.34. The first-order valence-corrected chi connectivity index (χ1v) is 9.28. The topological polar surface area (TPSA) is 48.1 Å². The molecular formula is C19H30N4O2. The van der Waals surface area contributed by atoms with Gasteiger partial charge in [-0.3, -0.25) is 9.80 Å². The SMILES string of the molecule is Cc1cccc(NC(=O)N2CCN(CCN3CCOCC3)CC2)c1C. The summed E-state index contributed by atoms with van der Waals surface area (Å²) >= 11 is 0. The van der Waals surface area contributed by atoms with E-state index in [9.17, 15) is 4.79 Å². The van der Waals surface area contributed by atoms with Gasteiger partial charge in [0.25, 0.3) is 0 Å². The second-order valence-corrected chi connectivity index (χ2v) is 6.96. The van der Waals surface area contributed by atoms with E-state index in [-0.39, 0.29) is 6.03 Å². The molecule has 2 amide bonds. The van der Waals surface area contributed by atoms with Crippen LogP contribution in [0.5, 0.6) is 0 Å². The molecule has 2 heterocycles. The maximum atomic E-state index is 12.5. The van der Waals surface area contributed by atoms with Gasteiger partial charge in [-0.15, -0.1) is 0 Å². The van der Waals surface area contributed by atoms with Gasteiger partial charge in [-0.05, 0) is 31.0 Å². The third-order valence-corrected chi connectivity index (χ3v) is 5.34. The molecule has 0 radical (unpaired) electrons. The van der Waals surface area contributed by atoms with E-state index in [4.69, 9.17) is 4.74 Å². The van der Waals surface area contributed by atoms with Crippen molar-refractivity contribution >= 4 is 11.7 Å². The number of ether oxygens (including phenoxy) is 1. The lowest BCUT2D eigenvalue weighted by Gasteiger charge is -2.36. The fourth-order valence-electron chi connectivity index (χ4n) is 3.36. The third kappa shape index (κ3) is 4.93. The number of nitrogens with one attached hydrogen (secondary N) is 1. The molecule has 6 heteroatoms.